The van der Waals surface area contributed by atoms with E-state index in [1.807, 2.05) is 0 Å². The van der Waals surface area contributed by atoms with Crippen LogP contribution < -0.4 is 10.7 Å². The zero-order valence-corrected chi connectivity index (χ0v) is 10.7. The molecule has 2 heterocycles. The van der Waals surface area contributed by atoms with Crippen molar-refractivity contribution >= 4 is 23.8 Å². The minimum atomic E-state index is -1.10. The molecule has 106 valence electrons. The first-order valence-corrected chi connectivity index (χ1v) is 5.93. The first-order chi connectivity index (χ1) is 10.1. The van der Waals surface area contributed by atoms with Crippen molar-refractivity contribution in [3.05, 3.63) is 64.2 Å². The van der Waals surface area contributed by atoms with Crippen LogP contribution in [0.3, 0.4) is 0 Å². The van der Waals surface area contributed by atoms with Crippen LogP contribution in [0.15, 0.2) is 47.5 Å². The van der Waals surface area contributed by atoms with Crippen molar-refractivity contribution in [2.45, 2.75) is 0 Å². The van der Waals surface area contributed by atoms with Crippen molar-refractivity contribution in [3.8, 4) is 0 Å². The zero-order chi connectivity index (χ0) is 15.2. The lowest BCUT2D eigenvalue weighted by Gasteiger charge is -2.04. The molecule has 0 unspecified atom stereocenters. The lowest BCUT2D eigenvalue weighted by molar-refractivity contribution is -0.131. The summed E-state index contributed by atoms with van der Waals surface area (Å²) in [7, 11) is 0. The van der Waals surface area contributed by atoms with Gasteiger partial charge in [-0.3, -0.25) is 9.59 Å². The number of anilines is 1. The molecule has 0 aromatic carbocycles. The summed E-state index contributed by atoms with van der Waals surface area (Å²) in [6.45, 7) is 0. The van der Waals surface area contributed by atoms with Crippen molar-refractivity contribution < 1.29 is 14.7 Å². The van der Waals surface area contributed by atoms with Gasteiger partial charge in [-0.2, -0.15) is 0 Å². The van der Waals surface area contributed by atoms with E-state index in [2.05, 4.69) is 15.3 Å². The number of amides is 1. The van der Waals surface area contributed by atoms with Gasteiger partial charge in [0.05, 0.1) is 5.69 Å². The van der Waals surface area contributed by atoms with E-state index >= 15 is 0 Å². The summed E-state index contributed by atoms with van der Waals surface area (Å²) >= 11 is 0. The van der Waals surface area contributed by atoms with E-state index in [-0.39, 0.29) is 11.4 Å². The number of hydrogen-bond acceptors (Lipinski definition) is 4. The quantitative estimate of drug-likeness (QED) is 0.729. The van der Waals surface area contributed by atoms with Gasteiger partial charge in [-0.05, 0) is 18.2 Å². The molecule has 0 fully saturated rings. The summed E-state index contributed by atoms with van der Waals surface area (Å²) in [4.78, 5) is 40.6. The van der Waals surface area contributed by atoms with Gasteiger partial charge in [-0.25, -0.2) is 9.78 Å². The second-order valence-corrected chi connectivity index (χ2v) is 4.00. The van der Waals surface area contributed by atoms with E-state index in [0.29, 0.717) is 5.69 Å². The number of aromatic nitrogens is 2. The highest BCUT2D eigenvalue weighted by Gasteiger charge is 2.10. The molecule has 1 amide bonds. The van der Waals surface area contributed by atoms with Gasteiger partial charge in [0.1, 0.15) is 11.4 Å². The number of nitrogens with zero attached hydrogens (tertiary/aromatic N) is 1. The van der Waals surface area contributed by atoms with Crippen molar-refractivity contribution in [1.82, 2.24) is 9.97 Å². The van der Waals surface area contributed by atoms with Gasteiger partial charge in [0.15, 0.2) is 5.43 Å². The molecular weight excluding hydrogens is 274 g/mol. The largest absolute Gasteiger partial charge is 0.478 e. The number of aromatic amines is 1. The molecule has 0 spiro atoms. The van der Waals surface area contributed by atoms with Crippen LogP contribution in [-0.2, 0) is 4.79 Å². The number of carboxylic acid groups (broad SMARTS) is 1. The van der Waals surface area contributed by atoms with E-state index in [9.17, 15) is 14.4 Å². The van der Waals surface area contributed by atoms with Gasteiger partial charge >= 0.3 is 5.97 Å². The zero-order valence-electron chi connectivity index (χ0n) is 10.7. The summed E-state index contributed by atoms with van der Waals surface area (Å²) in [5.74, 6) is -1.47. The average Bonchev–Trinajstić information content (AvgIpc) is 2.46. The molecule has 2 rings (SSSR count). The Morgan fingerprint density at radius 2 is 2.10 bits per heavy atom. The first-order valence-electron chi connectivity index (χ1n) is 5.93. The Morgan fingerprint density at radius 1 is 1.29 bits per heavy atom. The number of carboxylic acids is 1. The van der Waals surface area contributed by atoms with E-state index in [1.54, 1.807) is 12.1 Å². The van der Waals surface area contributed by atoms with Crippen LogP contribution in [0.4, 0.5) is 5.82 Å². The topological polar surface area (TPSA) is 112 Å². The fraction of sp³-hybridized carbons (Fsp3) is 0. The molecule has 2 aromatic heterocycles. The van der Waals surface area contributed by atoms with Crippen LogP contribution in [-0.4, -0.2) is 27.0 Å². The molecular formula is C14H11N3O4. The fourth-order valence-corrected chi connectivity index (χ4v) is 1.55. The molecule has 0 saturated carbocycles. The van der Waals surface area contributed by atoms with Gasteiger partial charge in [0.25, 0.3) is 5.91 Å². The Bertz CT molecular complexity index is 765. The molecule has 0 radical (unpaired) electrons. The molecule has 0 aliphatic carbocycles. The third kappa shape index (κ3) is 3.87. The van der Waals surface area contributed by atoms with Gasteiger partial charge in [0, 0.05) is 24.5 Å². The maximum absolute atomic E-state index is 11.9. The van der Waals surface area contributed by atoms with Gasteiger partial charge in [-0.15, -0.1) is 0 Å². The summed E-state index contributed by atoms with van der Waals surface area (Å²) in [6, 6.07) is 5.98. The van der Waals surface area contributed by atoms with Gasteiger partial charge in [0.2, 0.25) is 0 Å². The summed E-state index contributed by atoms with van der Waals surface area (Å²) < 4.78 is 0. The SMILES string of the molecule is O=C(O)/C=C/c1cccc(NC(=O)c2c[nH]ccc2=O)n1. The van der Waals surface area contributed by atoms with Crippen molar-refractivity contribution in [3.63, 3.8) is 0 Å². The molecule has 7 nitrogen and oxygen atoms in total. The lowest BCUT2D eigenvalue weighted by Crippen LogP contribution is -2.21. The number of carbonyl (C=O) groups is 2. The Morgan fingerprint density at radius 3 is 2.81 bits per heavy atom. The molecule has 3 N–H and O–H groups in total. The Labute approximate surface area is 119 Å². The molecule has 0 bridgehead atoms. The number of pyridine rings is 2. The van der Waals surface area contributed by atoms with Crippen molar-refractivity contribution in [1.29, 1.82) is 0 Å². The summed E-state index contributed by atoms with van der Waals surface area (Å²) in [6.07, 6.45) is 4.96. The minimum Gasteiger partial charge on any atom is -0.478 e. The molecule has 7 heteroatoms. The monoisotopic (exact) mass is 285 g/mol. The molecule has 0 saturated heterocycles. The van der Waals surface area contributed by atoms with Crippen LogP contribution in [0, 0.1) is 0 Å². The molecule has 0 aliphatic heterocycles. The third-order valence-corrected chi connectivity index (χ3v) is 2.48. The molecule has 2 aromatic rings. The van der Waals surface area contributed by atoms with E-state index < -0.39 is 17.3 Å². The van der Waals surface area contributed by atoms with E-state index in [4.69, 9.17) is 5.11 Å². The van der Waals surface area contributed by atoms with E-state index in [0.717, 1.165) is 6.08 Å². The van der Waals surface area contributed by atoms with Crippen LogP contribution in [0.1, 0.15) is 16.1 Å². The van der Waals surface area contributed by atoms with Crippen LogP contribution in [0.5, 0.6) is 0 Å². The maximum Gasteiger partial charge on any atom is 0.328 e. The van der Waals surface area contributed by atoms with Crippen LogP contribution in [0.25, 0.3) is 6.08 Å². The number of H-pyrrole nitrogens is 1. The van der Waals surface area contributed by atoms with Crippen molar-refractivity contribution in [2.75, 3.05) is 5.32 Å². The standard InChI is InChI=1S/C14H11N3O4/c18-11-6-7-15-8-10(11)14(21)17-12-3-1-2-9(16-12)4-5-13(19)20/h1-8H,(H,15,18)(H,19,20)(H,16,17,21)/b5-4+. The van der Waals surface area contributed by atoms with Crippen LogP contribution in [0.2, 0.25) is 0 Å². The fourth-order valence-electron chi connectivity index (χ4n) is 1.55. The number of rotatable bonds is 4. The molecule has 0 aliphatic rings. The number of carbonyl (C=O) groups excluding carboxylic acids is 1. The first kappa shape index (κ1) is 14.2. The molecule has 21 heavy (non-hydrogen) atoms. The lowest BCUT2D eigenvalue weighted by atomic mass is 10.2. The van der Waals surface area contributed by atoms with Crippen molar-refractivity contribution in [2.24, 2.45) is 0 Å². The highest BCUT2D eigenvalue weighted by molar-refractivity contribution is 6.03. The smallest absolute Gasteiger partial charge is 0.328 e. The maximum atomic E-state index is 11.9. The highest BCUT2D eigenvalue weighted by Crippen LogP contribution is 2.07. The summed E-state index contributed by atoms with van der Waals surface area (Å²) in [5, 5.41) is 11.0. The van der Waals surface area contributed by atoms with Gasteiger partial charge < -0.3 is 15.4 Å². The number of hydrogen-bond donors (Lipinski definition) is 3. The second-order valence-electron chi connectivity index (χ2n) is 4.00. The predicted octanol–water partition coefficient (Wildman–Crippen LogP) is 1.12. The number of aliphatic carboxylic acids is 1. The highest BCUT2D eigenvalue weighted by atomic mass is 16.4. The average molecular weight is 285 g/mol. The van der Waals surface area contributed by atoms with Gasteiger partial charge in [-0.1, -0.05) is 6.07 Å². The van der Waals surface area contributed by atoms with Crippen LogP contribution >= 0.6 is 0 Å². The normalized spacial score (nSPS) is 10.5. The summed E-state index contributed by atoms with van der Waals surface area (Å²) in [5.41, 5.74) is -0.0730. The third-order valence-electron chi connectivity index (χ3n) is 2.48. The predicted molar refractivity (Wildman–Crippen MR) is 75.9 cm³/mol. The number of nitrogens with one attached hydrogen (secondary N) is 2. The minimum absolute atomic E-state index is 0.0363. The molecule has 0 atom stereocenters. The van der Waals surface area contributed by atoms with E-state index in [1.165, 1.54) is 30.6 Å². The Balaban J connectivity index is 2.19. The second kappa shape index (κ2) is 6.29. The Hall–Kier alpha value is -3.22. The Kier molecular flexibility index (Phi) is 4.25.